The maximum absolute atomic E-state index is 12.6. The van der Waals surface area contributed by atoms with Crippen LogP contribution >= 0.6 is 11.8 Å². The van der Waals surface area contributed by atoms with E-state index in [1.54, 1.807) is 31.5 Å². The molecule has 1 unspecified atom stereocenters. The molecule has 2 rings (SSSR count). The van der Waals surface area contributed by atoms with Gasteiger partial charge in [0.05, 0.1) is 6.42 Å². The lowest BCUT2D eigenvalue weighted by molar-refractivity contribution is -0.137. The quantitative estimate of drug-likeness (QED) is 0.822. The SMILES string of the molecule is CSC1C(C(=O)c2ccccn2)=C(CC(=O)O)C(=O)N1C. The number of aromatic nitrogens is 1. The van der Waals surface area contributed by atoms with Gasteiger partial charge in [0.15, 0.2) is 0 Å². The average molecular weight is 306 g/mol. The molecular weight excluding hydrogens is 292 g/mol. The van der Waals surface area contributed by atoms with Crippen LogP contribution in [0.25, 0.3) is 0 Å². The van der Waals surface area contributed by atoms with E-state index in [9.17, 15) is 14.4 Å². The molecule has 0 aliphatic carbocycles. The van der Waals surface area contributed by atoms with Crippen molar-refractivity contribution in [2.45, 2.75) is 11.8 Å². The second-order valence-electron chi connectivity index (χ2n) is 4.51. The normalized spacial score (nSPS) is 18.3. The van der Waals surface area contributed by atoms with Crippen LogP contribution in [0.15, 0.2) is 35.5 Å². The van der Waals surface area contributed by atoms with E-state index in [-0.39, 0.29) is 16.8 Å². The molecule has 1 N–H and O–H groups in total. The highest BCUT2D eigenvalue weighted by Crippen LogP contribution is 2.34. The predicted octanol–water partition coefficient (Wildman–Crippen LogP) is 1.20. The van der Waals surface area contributed by atoms with Gasteiger partial charge in [-0.1, -0.05) is 6.07 Å². The Morgan fingerprint density at radius 1 is 1.43 bits per heavy atom. The van der Waals surface area contributed by atoms with Crippen LogP contribution in [0.1, 0.15) is 16.9 Å². The number of hydrogen-bond donors (Lipinski definition) is 1. The highest BCUT2D eigenvalue weighted by molar-refractivity contribution is 7.99. The molecule has 6 nitrogen and oxygen atoms in total. The predicted molar refractivity (Wildman–Crippen MR) is 77.9 cm³/mol. The summed E-state index contributed by atoms with van der Waals surface area (Å²) in [5.41, 5.74) is 0.466. The Kier molecular flexibility index (Phi) is 4.42. The first-order chi connectivity index (χ1) is 9.97. The Hall–Kier alpha value is -2.15. The molecule has 110 valence electrons. The summed E-state index contributed by atoms with van der Waals surface area (Å²) in [5, 5.41) is 8.48. The molecule has 0 aromatic carbocycles. The number of carboxylic acid groups (broad SMARTS) is 1. The first kappa shape index (κ1) is 15.2. The number of ketones is 1. The van der Waals surface area contributed by atoms with Gasteiger partial charge in [0.25, 0.3) is 5.91 Å². The Morgan fingerprint density at radius 3 is 2.67 bits per heavy atom. The average Bonchev–Trinajstić information content (AvgIpc) is 2.71. The fourth-order valence-electron chi connectivity index (χ4n) is 2.26. The topological polar surface area (TPSA) is 87.6 Å². The number of aliphatic carboxylic acids is 1. The number of carbonyl (C=O) groups excluding carboxylic acids is 2. The minimum absolute atomic E-state index is 0.0417. The minimum Gasteiger partial charge on any atom is -0.481 e. The summed E-state index contributed by atoms with van der Waals surface area (Å²) >= 11 is 1.31. The summed E-state index contributed by atoms with van der Waals surface area (Å²) in [5.74, 6) is -1.96. The molecule has 0 fully saturated rings. The number of Topliss-reactive ketones (excluding diaryl/α,β-unsaturated/α-hetero) is 1. The molecule has 1 amide bonds. The van der Waals surface area contributed by atoms with Gasteiger partial charge < -0.3 is 10.0 Å². The maximum atomic E-state index is 12.6. The van der Waals surface area contributed by atoms with Crippen molar-refractivity contribution in [1.82, 2.24) is 9.88 Å². The summed E-state index contributed by atoms with van der Waals surface area (Å²) in [6.07, 6.45) is 2.79. The zero-order valence-electron chi connectivity index (χ0n) is 11.6. The van der Waals surface area contributed by atoms with E-state index in [0.717, 1.165) is 0 Å². The molecule has 1 atom stereocenters. The van der Waals surface area contributed by atoms with Crippen LogP contribution in [0.5, 0.6) is 0 Å². The highest BCUT2D eigenvalue weighted by Gasteiger charge is 2.40. The smallest absolute Gasteiger partial charge is 0.308 e. The Bertz CT molecular complexity index is 627. The molecular formula is C14H14N2O4S. The van der Waals surface area contributed by atoms with E-state index >= 15 is 0 Å². The summed E-state index contributed by atoms with van der Waals surface area (Å²) in [7, 11) is 1.56. The molecule has 2 heterocycles. The Balaban J connectivity index is 2.52. The van der Waals surface area contributed by atoms with Crippen molar-refractivity contribution in [2.75, 3.05) is 13.3 Å². The fourth-order valence-corrected chi connectivity index (χ4v) is 3.16. The van der Waals surface area contributed by atoms with Gasteiger partial charge in [-0.25, -0.2) is 0 Å². The Morgan fingerprint density at radius 2 is 2.14 bits per heavy atom. The zero-order valence-corrected chi connectivity index (χ0v) is 12.4. The third-order valence-corrected chi connectivity index (χ3v) is 4.19. The monoisotopic (exact) mass is 306 g/mol. The van der Waals surface area contributed by atoms with Gasteiger partial charge in [-0.2, -0.15) is 0 Å². The van der Waals surface area contributed by atoms with Crippen molar-refractivity contribution < 1.29 is 19.5 Å². The molecule has 1 aliphatic heterocycles. The first-order valence-corrected chi connectivity index (χ1v) is 7.46. The van der Waals surface area contributed by atoms with Gasteiger partial charge in [-0.3, -0.25) is 19.4 Å². The van der Waals surface area contributed by atoms with Gasteiger partial charge in [-0.05, 0) is 18.4 Å². The fraction of sp³-hybridized carbons (Fsp3) is 0.286. The molecule has 0 saturated carbocycles. The summed E-state index contributed by atoms with van der Waals surface area (Å²) in [6.45, 7) is 0. The van der Waals surface area contributed by atoms with Crippen LogP contribution in [0.3, 0.4) is 0 Å². The number of carboxylic acids is 1. The molecule has 0 saturated heterocycles. The lowest BCUT2D eigenvalue weighted by atomic mass is 10.0. The number of nitrogens with zero attached hydrogens (tertiary/aromatic N) is 2. The molecule has 7 heteroatoms. The zero-order chi connectivity index (χ0) is 15.6. The van der Waals surface area contributed by atoms with Gasteiger partial charge >= 0.3 is 5.97 Å². The van der Waals surface area contributed by atoms with E-state index < -0.39 is 29.5 Å². The number of pyridine rings is 1. The molecule has 0 spiro atoms. The van der Waals surface area contributed by atoms with Crippen LogP contribution < -0.4 is 0 Å². The van der Waals surface area contributed by atoms with E-state index in [4.69, 9.17) is 5.11 Å². The van der Waals surface area contributed by atoms with Crippen molar-refractivity contribution >= 4 is 29.4 Å². The van der Waals surface area contributed by atoms with Crippen LogP contribution in [-0.2, 0) is 9.59 Å². The summed E-state index contributed by atoms with van der Waals surface area (Å²) in [4.78, 5) is 41.1. The molecule has 1 aliphatic rings. The number of amides is 1. The summed E-state index contributed by atoms with van der Waals surface area (Å²) in [6, 6.07) is 4.90. The van der Waals surface area contributed by atoms with Gasteiger partial charge in [0, 0.05) is 24.4 Å². The third-order valence-electron chi connectivity index (χ3n) is 3.20. The largest absolute Gasteiger partial charge is 0.481 e. The van der Waals surface area contributed by atoms with E-state index in [1.807, 2.05) is 0 Å². The van der Waals surface area contributed by atoms with Crippen molar-refractivity contribution in [1.29, 1.82) is 0 Å². The van der Waals surface area contributed by atoms with E-state index in [2.05, 4.69) is 4.98 Å². The minimum atomic E-state index is -1.14. The standard InChI is InChI=1S/C14H14N2O4S/c1-16-13(20)8(7-10(17)18)11(14(16)21-2)12(19)9-5-3-4-6-15-9/h3-6,14H,7H2,1-2H3,(H,17,18). The van der Waals surface area contributed by atoms with Crippen molar-refractivity contribution in [3.8, 4) is 0 Å². The van der Waals surface area contributed by atoms with Gasteiger partial charge in [0.1, 0.15) is 11.1 Å². The second-order valence-corrected chi connectivity index (χ2v) is 5.43. The second kappa shape index (κ2) is 6.09. The maximum Gasteiger partial charge on any atom is 0.308 e. The lowest BCUT2D eigenvalue weighted by Crippen LogP contribution is -2.30. The number of likely N-dealkylation sites (N-methyl/N-ethyl adjacent to an activating group) is 1. The molecule has 0 bridgehead atoms. The molecule has 1 aromatic heterocycles. The van der Waals surface area contributed by atoms with Crippen LogP contribution in [0, 0.1) is 0 Å². The van der Waals surface area contributed by atoms with Crippen LogP contribution in [-0.4, -0.2) is 51.3 Å². The molecule has 0 radical (unpaired) electrons. The lowest BCUT2D eigenvalue weighted by Gasteiger charge is -2.20. The van der Waals surface area contributed by atoms with Crippen molar-refractivity contribution in [3.63, 3.8) is 0 Å². The van der Waals surface area contributed by atoms with Crippen LogP contribution in [0.2, 0.25) is 0 Å². The number of rotatable bonds is 5. The number of thioether (sulfide) groups is 1. The van der Waals surface area contributed by atoms with Crippen molar-refractivity contribution in [3.05, 3.63) is 41.2 Å². The third kappa shape index (κ3) is 2.82. The van der Waals surface area contributed by atoms with E-state index in [0.29, 0.717) is 0 Å². The highest BCUT2D eigenvalue weighted by atomic mass is 32.2. The number of hydrogen-bond acceptors (Lipinski definition) is 5. The Labute approximate surface area is 125 Å². The summed E-state index contributed by atoms with van der Waals surface area (Å²) < 4.78 is 0. The molecule has 21 heavy (non-hydrogen) atoms. The number of carbonyl (C=O) groups is 3. The first-order valence-electron chi connectivity index (χ1n) is 6.18. The van der Waals surface area contributed by atoms with Gasteiger partial charge in [0.2, 0.25) is 5.78 Å². The van der Waals surface area contributed by atoms with Gasteiger partial charge in [-0.15, -0.1) is 11.8 Å². The van der Waals surface area contributed by atoms with Crippen molar-refractivity contribution in [2.24, 2.45) is 0 Å². The van der Waals surface area contributed by atoms with Crippen LogP contribution in [0.4, 0.5) is 0 Å². The molecule has 1 aromatic rings. The van der Waals surface area contributed by atoms with E-state index in [1.165, 1.54) is 22.9 Å².